The molecule has 3 aromatic carbocycles. The number of amides is 1. The highest BCUT2D eigenvalue weighted by atomic mass is 32.2. The highest BCUT2D eigenvalue weighted by molar-refractivity contribution is 7.89. The van der Waals surface area contributed by atoms with Gasteiger partial charge in [-0.05, 0) is 48.6 Å². The minimum Gasteiger partial charge on any atom is -0.452 e. The first-order valence-electron chi connectivity index (χ1n) is 10.6. The average molecular weight is 469 g/mol. The molecule has 0 radical (unpaired) electrons. The Morgan fingerprint density at radius 3 is 2.52 bits per heavy atom. The molecule has 3 aromatic rings. The van der Waals surface area contributed by atoms with Crippen molar-refractivity contribution in [1.29, 1.82) is 0 Å². The number of benzene rings is 3. The fourth-order valence-electron chi connectivity index (χ4n) is 3.60. The normalized spacial score (nSPS) is 15.9. The first-order chi connectivity index (χ1) is 15.9. The lowest BCUT2D eigenvalue weighted by Crippen LogP contribution is -2.31. The number of hydrogen-bond acceptors (Lipinski definition) is 6. The number of carbonyl (C=O) groups excluding carboxylic acids is 2. The number of esters is 1. The lowest BCUT2D eigenvalue weighted by molar-refractivity contribution is -0.119. The molecule has 1 saturated heterocycles. The minimum atomic E-state index is -3.71. The van der Waals surface area contributed by atoms with Crippen LogP contribution in [0.15, 0.2) is 71.6 Å². The molecule has 1 aliphatic heterocycles. The Morgan fingerprint density at radius 2 is 1.76 bits per heavy atom. The third-order valence-corrected chi connectivity index (χ3v) is 6.76. The summed E-state index contributed by atoms with van der Waals surface area (Å²) in [6.07, 6.45) is 1.62. The van der Waals surface area contributed by atoms with Gasteiger partial charge >= 0.3 is 5.97 Å². The number of anilines is 1. The van der Waals surface area contributed by atoms with E-state index in [1.54, 1.807) is 6.07 Å². The van der Waals surface area contributed by atoms with E-state index in [9.17, 15) is 18.0 Å². The second kappa shape index (κ2) is 10.1. The fraction of sp³-hybridized carbons (Fsp3) is 0.250. The molecule has 33 heavy (non-hydrogen) atoms. The zero-order valence-corrected chi connectivity index (χ0v) is 18.6. The summed E-state index contributed by atoms with van der Waals surface area (Å²) in [6.45, 7) is 0.381. The third kappa shape index (κ3) is 5.75. The summed E-state index contributed by atoms with van der Waals surface area (Å²) >= 11 is 0. The lowest BCUT2D eigenvalue weighted by Gasteiger charge is -2.12. The predicted octanol–water partition coefficient (Wildman–Crippen LogP) is 3.09. The smallest absolute Gasteiger partial charge is 0.338 e. The van der Waals surface area contributed by atoms with Gasteiger partial charge in [0, 0.05) is 24.2 Å². The van der Waals surface area contributed by atoms with Crippen molar-refractivity contribution in [2.45, 2.75) is 23.8 Å². The molecule has 4 rings (SSSR count). The van der Waals surface area contributed by atoms with Crippen LogP contribution in [-0.2, 0) is 24.3 Å². The third-order valence-electron chi connectivity index (χ3n) is 5.32. The molecule has 1 unspecified atom stereocenters. The van der Waals surface area contributed by atoms with Gasteiger partial charge in [0.05, 0.1) is 16.6 Å². The second-order valence-corrected chi connectivity index (χ2v) is 9.43. The average Bonchev–Trinajstić information content (AvgIpc) is 3.36. The van der Waals surface area contributed by atoms with E-state index < -0.39 is 28.5 Å². The molecule has 8 nitrogen and oxygen atoms in total. The monoisotopic (exact) mass is 468 g/mol. The van der Waals surface area contributed by atoms with Gasteiger partial charge in [0.15, 0.2) is 6.61 Å². The highest BCUT2D eigenvalue weighted by Gasteiger charge is 2.21. The molecule has 9 heteroatoms. The van der Waals surface area contributed by atoms with Gasteiger partial charge in [0.25, 0.3) is 5.91 Å². The molecule has 1 heterocycles. The number of sulfonamides is 1. The molecule has 172 valence electrons. The van der Waals surface area contributed by atoms with E-state index in [0.29, 0.717) is 12.3 Å². The molecule has 2 N–H and O–H groups in total. The molecule has 1 fully saturated rings. The zero-order valence-electron chi connectivity index (χ0n) is 17.8. The molecule has 0 bridgehead atoms. The summed E-state index contributed by atoms with van der Waals surface area (Å²) in [5.74, 6) is -1.20. The van der Waals surface area contributed by atoms with Crippen LogP contribution in [0.5, 0.6) is 0 Å². The van der Waals surface area contributed by atoms with Crippen molar-refractivity contribution in [2.24, 2.45) is 0 Å². The number of ether oxygens (including phenoxy) is 2. The van der Waals surface area contributed by atoms with E-state index in [0.717, 1.165) is 23.6 Å². The van der Waals surface area contributed by atoms with E-state index in [1.165, 1.54) is 24.3 Å². The molecule has 0 aliphatic carbocycles. The van der Waals surface area contributed by atoms with Gasteiger partial charge < -0.3 is 14.8 Å². The summed E-state index contributed by atoms with van der Waals surface area (Å²) in [7, 11) is -3.71. The number of rotatable bonds is 8. The van der Waals surface area contributed by atoms with Crippen molar-refractivity contribution >= 4 is 38.4 Å². The van der Waals surface area contributed by atoms with Crippen LogP contribution < -0.4 is 10.0 Å². The van der Waals surface area contributed by atoms with Crippen LogP contribution in [0.4, 0.5) is 5.69 Å². The van der Waals surface area contributed by atoms with E-state index in [1.807, 2.05) is 36.4 Å². The van der Waals surface area contributed by atoms with Crippen LogP contribution in [0.25, 0.3) is 10.8 Å². The standard InChI is InChI=1S/C24H24N2O6S/c27-23(26-22-9-3-6-17-5-1-2-8-21(17)22)16-32-24(28)18-10-12-20(13-11-18)33(29,30)25-15-19-7-4-14-31-19/h1-3,5-6,8-13,19,25H,4,7,14-16H2,(H,26,27). The Hall–Kier alpha value is -3.27. The van der Waals surface area contributed by atoms with Crippen molar-refractivity contribution in [1.82, 2.24) is 4.72 Å². The Kier molecular flexibility index (Phi) is 7.02. The molecule has 1 atom stereocenters. The van der Waals surface area contributed by atoms with E-state index in [2.05, 4.69) is 10.0 Å². The quantitative estimate of drug-likeness (QED) is 0.492. The Morgan fingerprint density at radius 1 is 1.00 bits per heavy atom. The van der Waals surface area contributed by atoms with Crippen LogP contribution in [0.3, 0.4) is 0 Å². The molecule has 0 aromatic heterocycles. The predicted molar refractivity (Wildman–Crippen MR) is 123 cm³/mol. The SMILES string of the molecule is O=C(COC(=O)c1ccc(S(=O)(=O)NCC2CCCO2)cc1)Nc1cccc2ccccc12. The topological polar surface area (TPSA) is 111 Å². The molecule has 1 aliphatic rings. The Bertz CT molecular complexity index is 1250. The van der Waals surface area contributed by atoms with Crippen LogP contribution in [0.2, 0.25) is 0 Å². The van der Waals surface area contributed by atoms with Crippen LogP contribution in [0, 0.1) is 0 Å². The maximum atomic E-state index is 12.4. The summed E-state index contributed by atoms with van der Waals surface area (Å²) in [5, 5.41) is 4.60. The maximum absolute atomic E-state index is 12.4. The van der Waals surface area contributed by atoms with Gasteiger partial charge in [-0.15, -0.1) is 0 Å². The largest absolute Gasteiger partial charge is 0.452 e. The first-order valence-corrected chi connectivity index (χ1v) is 12.1. The van der Waals surface area contributed by atoms with Crippen molar-refractivity contribution < 1.29 is 27.5 Å². The summed E-state index contributed by atoms with van der Waals surface area (Å²) in [5.41, 5.74) is 0.769. The van der Waals surface area contributed by atoms with Gasteiger partial charge in [-0.1, -0.05) is 36.4 Å². The van der Waals surface area contributed by atoms with E-state index >= 15 is 0 Å². The number of carbonyl (C=O) groups is 2. The Balaban J connectivity index is 1.31. The molecular weight excluding hydrogens is 444 g/mol. The lowest BCUT2D eigenvalue weighted by atomic mass is 10.1. The van der Waals surface area contributed by atoms with Gasteiger partial charge in [0.1, 0.15) is 0 Å². The van der Waals surface area contributed by atoms with Crippen LogP contribution in [-0.4, -0.2) is 46.2 Å². The summed E-state index contributed by atoms with van der Waals surface area (Å²) in [6, 6.07) is 18.5. The zero-order chi connectivity index (χ0) is 23.3. The van der Waals surface area contributed by atoms with E-state index in [4.69, 9.17) is 9.47 Å². The first kappa shape index (κ1) is 22.9. The molecule has 0 saturated carbocycles. The molecule has 1 amide bonds. The van der Waals surface area contributed by atoms with E-state index in [-0.39, 0.29) is 23.1 Å². The van der Waals surface area contributed by atoms with Crippen LogP contribution >= 0.6 is 0 Å². The maximum Gasteiger partial charge on any atom is 0.338 e. The number of nitrogens with one attached hydrogen (secondary N) is 2. The Labute approximate surface area is 191 Å². The van der Waals surface area contributed by atoms with Crippen molar-refractivity contribution in [3.63, 3.8) is 0 Å². The summed E-state index contributed by atoms with van der Waals surface area (Å²) < 4.78 is 37.9. The van der Waals surface area contributed by atoms with Gasteiger partial charge in [-0.25, -0.2) is 17.9 Å². The second-order valence-electron chi connectivity index (χ2n) is 7.66. The molecule has 0 spiro atoms. The van der Waals surface area contributed by atoms with Crippen LogP contribution in [0.1, 0.15) is 23.2 Å². The van der Waals surface area contributed by atoms with Crippen molar-refractivity contribution in [3.05, 3.63) is 72.3 Å². The minimum absolute atomic E-state index is 0.0331. The van der Waals surface area contributed by atoms with Crippen molar-refractivity contribution in [2.75, 3.05) is 25.1 Å². The van der Waals surface area contributed by atoms with Crippen molar-refractivity contribution in [3.8, 4) is 0 Å². The number of fused-ring (bicyclic) bond motifs is 1. The number of hydrogen-bond donors (Lipinski definition) is 2. The van der Waals surface area contributed by atoms with Gasteiger partial charge in [0.2, 0.25) is 10.0 Å². The summed E-state index contributed by atoms with van der Waals surface area (Å²) in [4.78, 5) is 24.6. The highest BCUT2D eigenvalue weighted by Crippen LogP contribution is 2.23. The van der Waals surface area contributed by atoms with Gasteiger partial charge in [-0.2, -0.15) is 0 Å². The molecular formula is C24H24N2O6S. The van der Waals surface area contributed by atoms with Gasteiger partial charge in [-0.3, -0.25) is 4.79 Å². The fourth-order valence-corrected chi connectivity index (χ4v) is 4.66.